The summed E-state index contributed by atoms with van der Waals surface area (Å²) < 4.78 is 1.95. The minimum atomic E-state index is -0.536. The molecule has 0 bridgehead atoms. The predicted octanol–water partition coefficient (Wildman–Crippen LogP) is -0.101. The standard InChI is InChI=1S/C13H20N4O3/c1-9-5-16-6-10(13(19)14-20)4-11(16)7-17(9)12(18)8-15(2)3/h4,6,9,20H,5,7-8H2,1-3H3,(H,14,19). The molecule has 1 aliphatic heterocycles. The molecule has 1 aromatic rings. The number of amides is 2. The summed E-state index contributed by atoms with van der Waals surface area (Å²) in [6, 6.07) is 1.78. The number of hydroxylamine groups is 1. The molecule has 2 N–H and O–H groups in total. The van der Waals surface area contributed by atoms with Gasteiger partial charge in [-0.25, -0.2) is 5.48 Å². The first-order chi connectivity index (χ1) is 9.42. The van der Waals surface area contributed by atoms with Gasteiger partial charge in [-0.05, 0) is 27.1 Å². The van der Waals surface area contributed by atoms with Crippen LogP contribution in [0.2, 0.25) is 0 Å². The van der Waals surface area contributed by atoms with Crippen molar-refractivity contribution in [1.29, 1.82) is 0 Å². The van der Waals surface area contributed by atoms with Gasteiger partial charge in [-0.2, -0.15) is 0 Å². The van der Waals surface area contributed by atoms with Gasteiger partial charge in [0.05, 0.1) is 18.7 Å². The van der Waals surface area contributed by atoms with E-state index in [-0.39, 0.29) is 11.9 Å². The Hall–Kier alpha value is -1.86. The fourth-order valence-corrected chi connectivity index (χ4v) is 2.45. The number of nitrogens with one attached hydrogen (secondary N) is 1. The van der Waals surface area contributed by atoms with Gasteiger partial charge in [-0.15, -0.1) is 0 Å². The second kappa shape index (κ2) is 5.64. The third-order valence-corrected chi connectivity index (χ3v) is 3.45. The Labute approximate surface area is 117 Å². The third-order valence-electron chi connectivity index (χ3n) is 3.45. The van der Waals surface area contributed by atoms with E-state index in [0.717, 1.165) is 5.69 Å². The average molecular weight is 280 g/mol. The first-order valence-corrected chi connectivity index (χ1v) is 6.50. The number of fused-ring (bicyclic) bond motifs is 1. The second-order valence-electron chi connectivity index (χ2n) is 5.42. The van der Waals surface area contributed by atoms with Gasteiger partial charge in [0.15, 0.2) is 0 Å². The smallest absolute Gasteiger partial charge is 0.276 e. The van der Waals surface area contributed by atoms with Crippen LogP contribution < -0.4 is 5.48 Å². The van der Waals surface area contributed by atoms with Crippen LogP contribution in [0.25, 0.3) is 0 Å². The Morgan fingerprint density at radius 2 is 2.20 bits per heavy atom. The molecule has 1 atom stereocenters. The van der Waals surface area contributed by atoms with Crippen molar-refractivity contribution >= 4 is 11.8 Å². The Morgan fingerprint density at radius 3 is 2.80 bits per heavy atom. The third kappa shape index (κ3) is 2.83. The number of rotatable bonds is 3. The van der Waals surface area contributed by atoms with Crippen molar-refractivity contribution in [3.05, 3.63) is 23.5 Å². The maximum atomic E-state index is 12.2. The summed E-state index contributed by atoms with van der Waals surface area (Å²) in [5.41, 5.74) is 2.92. The Bertz CT molecular complexity index is 524. The van der Waals surface area contributed by atoms with Gasteiger partial charge in [-0.3, -0.25) is 14.8 Å². The molecule has 0 radical (unpaired) electrons. The molecule has 2 heterocycles. The molecule has 0 fully saturated rings. The lowest BCUT2D eigenvalue weighted by Gasteiger charge is -2.35. The maximum Gasteiger partial charge on any atom is 0.276 e. The van der Waals surface area contributed by atoms with Crippen LogP contribution in [0.4, 0.5) is 0 Å². The van der Waals surface area contributed by atoms with Gasteiger partial charge in [0.2, 0.25) is 5.91 Å². The summed E-state index contributed by atoms with van der Waals surface area (Å²) in [5.74, 6) is -0.464. The van der Waals surface area contributed by atoms with Crippen LogP contribution >= 0.6 is 0 Å². The van der Waals surface area contributed by atoms with E-state index in [2.05, 4.69) is 0 Å². The molecule has 20 heavy (non-hydrogen) atoms. The van der Waals surface area contributed by atoms with Crippen molar-refractivity contribution in [3.8, 4) is 0 Å². The summed E-state index contributed by atoms with van der Waals surface area (Å²) in [7, 11) is 3.72. The molecule has 0 saturated heterocycles. The molecule has 110 valence electrons. The van der Waals surface area contributed by atoms with Crippen LogP contribution in [-0.2, 0) is 17.9 Å². The van der Waals surface area contributed by atoms with E-state index >= 15 is 0 Å². The Kier molecular flexibility index (Phi) is 4.10. The highest BCUT2D eigenvalue weighted by molar-refractivity contribution is 5.93. The zero-order valence-electron chi connectivity index (χ0n) is 12.0. The zero-order chi connectivity index (χ0) is 14.9. The van der Waals surface area contributed by atoms with E-state index in [1.807, 2.05) is 35.4 Å². The van der Waals surface area contributed by atoms with Crippen molar-refractivity contribution in [2.45, 2.75) is 26.1 Å². The quantitative estimate of drug-likeness (QED) is 0.599. The molecule has 2 amide bonds. The summed E-state index contributed by atoms with van der Waals surface area (Å²) in [6.07, 6.45) is 1.70. The van der Waals surface area contributed by atoms with Crippen molar-refractivity contribution < 1.29 is 14.8 Å². The van der Waals surface area contributed by atoms with Crippen molar-refractivity contribution in [3.63, 3.8) is 0 Å². The van der Waals surface area contributed by atoms with Crippen LogP contribution in [0.5, 0.6) is 0 Å². The molecule has 0 aliphatic carbocycles. The highest BCUT2D eigenvalue weighted by Gasteiger charge is 2.27. The topological polar surface area (TPSA) is 77.8 Å². The summed E-state index contributed by atoms with van der Waals surface area (Å²) in [4.78, 5) is 27.2. The fourth-order valence-electron chi connectivity index (χ4n) is 2.45. The number of likely N-dealkylation sites (N-methyl/N-ethyl adjacent to an activating group) is 1. The van der Waals surface area contributed by atoms with Crippen LogP contribution in [0.1, 0.15) is 23.0 Å². The summed E-state index contributed by atoms with van der Waals surface area (Å²) in [6.45, 7) is 3.48. The monoisotopic (exact) mass is 280 g/mol. The SMILES string of the molecule is CC1Cn2cc(C(=O)NO)cc2CN1C(=O)CN(C)C. The second-order valence-corrected chi connectivity index (χ2v) is 5.42. The van der Waals surface area contributed by atoms with Gasteiger partial charge in [0.25, 0.3) is 5.91 Å². The van der Waals surface area contributed by atoms with Gasteiger partial charge in [0.1, 0.15) is 0 Å². The minimum absolute atomic E-state index is 0.0723. The molecule has 0 aromatic carbocycles. The molecule has 0 spiro atoms. The van der Waals surface area contributed by atoms with Crippen LogP contribution in [0.3, 0.4) is 0 Å². The Balaban J connectivity index is 2.18. The van der Waals surface area contributed by atoms with Gasteiger partial charge in [0, 0.05) is 24.5 Å². The van der Waals surface area contributed by atoms with E-state index in [0.29, 0.717) is 25.2 Å². The molecular weight excluding hydrogens is 260 g/mol. The lowest BCUT2D eigenvalue weighted by molar-refractivity contribution is -0.135. The predicted molar refractivity (Wildman–Crippen MR) is 72.3 cm³/mol. The number of aromatic nitrogens is 1. The van der Waals surface area contributed by atoms with E-state index in [1.165, 1.54) is 0 Å². The van der Waals surface area contributed by atoms with Crippen molar-refractivity contribution in [2.24, 2.45) is 0 Å². The summed E-state index contributed by atoms with van der Waals surface area (Å²) >= 11 is 0. The lowest BCUT2D eigenvalue weighted by Crippen LogP contribution is -2.47. The fraction of sp³-hybridized carbons (Fsp3) is 0.538. The van der Waals surface area contributed by atoms with Gasteiger partial charge in [-0.1, -0.05) is 0 Å². The van der Waals surface area contributed by atoms with Crippen LogP contribution in [0, 0.1) is 0 Å². The first-order valence-electron chi connectivity index (χ1n) is 6.50. The average Bonchev–Trinajstić information content (AvgIpc) is 2.78. The summed E-state index contributed by atoms with van der Waals surface area (Å²) in [5, 5.41) is 8.66. The number of carbonyl (C=O) groups is 2. The maximum absolute atomic E-state index is 12.2. The molecule has 1 aliphatic rings. The van der Waals surface area contributed by atoms with Crippen molar-refractivity contribution in [1.82, 2.24) is 19.8 Å². The number of nitrogens with zero attached hydrogens (tertiary/aromatic N) is 3. The van der Waals surface area contributed by atoms with Gasteiger partial charge < -0.3 is 14.4 Å². The Morgan fingerprint density at radius 1 is 1.50 bits per heavy atom. The molecule has 0 saturated carbocycles. The molecule has 7 nitrogen and oxygen atoms in total. The molecule has 2 rings (SSSR count). The highest BCUT2D eigenvalue weighted by Crippen LogP contribution is 2.20. The van der Waals surface area contributed by atoms with E-state index in [4.69, 9.17) is 5.21 Å². The molecule has 7 heteroatoms. The van der Waals surface area contributed by atoms with Crippen LogP contribution in [-0.4, -0.2) is 58.1 Å². The first kappa shape index (κ1) is 14.5. The zero-order valence-corrected chi connectivity index (χ0v) is 12.0. The normalized spacial score (nSPS) is 18.1. The van der Waals surface area contributed by atoms with E-state index < -0.39 is 5.91 Å². The molecule has 1 aromatic heterocycles. The van der Waals surface area contributed by atoms with Gasteiger partial charge >= 0.3 is 0 Å². The van der Waals surface area contributed by atoms with Crippen LogP contribution in [0.15, 0.2) is 12.3 Å². The number of hydrogen-bond acceptors (Lipinski definition) is 4. The largest absolute Gasteiger partial charge is 0.347 e. The number of carbonyl (C=O) groups excluding carboxylic acids is 2. The van der Waals surface area contributed by atoms with E-state index in [9.17, 15) is 9.59 Å². The minimum Gasteiger partial charge on any atom is -0.347 e. The van der Waals surface area contributed by atoms with E-state index in [1.54, 1.807) is 17.7 Å². The molecular formula is C13H20N4O3. The highest BCUT2D eigenvalue weighted by atomic mass is 16.5. The molecule has 1 unspecified atom stereocenters. The number of hydrogen-bond donors (Lipinski definition) is 2. The van der Waals surface area contributed by atoms with Crippen molar-refractivity contribution in [2.75, 3.05) is 20.6 Å². The lowest BCUT2D eigenvalue weighted by atomic mass is 10.2.